The summed E-state index contributed by atoms with van der Waals surface area (Å²) in [5, 5.41) is 18.9. The topological polar surface area (TPSA) is 120 Å². The maximum absolute atomic E-state index is 13.6. The van der Waals surface area contributed by atoms with Crippen LogP contribution in [0.1, 0.15) is 75.2 Å². The third kappa shape index (κ3) is 10.2. The number of aryl methyl sites for hydroxylation is 1. The number of nitrogens with two attached hydrogens (primary N) is 1. The van der Waals surface area contributed by atoms with Crippen LogP contribution in [0.25, 0.3) is 0 Å². The maximum atomic E-state index is 13.6. The molecular formula is C28H41FN2O6S. The Morgan fingerprint density at radius 1 is 1.08 bits per heavy atom. The van der Waals surface area contributed by atoms with E-state index in [9.17, 15) is 17.9 Å². The van der Waals surface area contributed by atoms with E-state index in [0.29, 0.717) is 38.3 Å². The summed E-state index contributed by atoms with van der Waals surface area (Å²) < 4.78 is 53.6. The third-order valence-corrected chi connectivity index (χ3v) is 7.29. The molecule has 8 nitrogen and oxygen atoms in total. The van der Waals surface area contributed by atoms with Gasteiger partial charge in [0.1, 0.15) is 11.6 Å². The van der Waals surface area contributed by atoms with Gasteiger partial charge in [0.15, 0.2) is 0 Å². The fourth-order valence-corrected chi connectivity index (χ4v) is 4.89. The zero-order valence-electron chi connectivity index (χ0n) is 22.4. The Kier molecular flexibility index (Phi) is 11.5. The van der Waals surface area contributed by atoms with E-state index in [4.69, 9.17) is 19.3 Å². The van der Waals surface area contributed by atoms with E-state index in [-0.39, 0.29) is 4.90 Å². The molecule has 0 aliphatic carbocycles. The van der Waals surface area contributed by atoms with E-state index in [1.165, 1.54) is 12.1 Å². The number of rotatable bonds is 16. The number of sulfonamides is 1. The van der Waals surface area contributed by atoms with Gasteiger partial charge in [-0.2, -0.15) is 0 Å². The molecule has 4 N–H and O–H groups in total. The highest BCUT2D eigenvalue weighted by Gasteiger charge is 2.27. The highest BCUT2D eigenvalue weighted by atomic mass is 32.2. The van der Waals surface area contributed by atoms with Gasteiger partial charge in [0.25, 0.3) is 0 Å². The summed E-state index contributed by atoms with van der Waals surface area (Å²) in [7, 11) is -3.91. The van der Waals surface area contributed by atoms with Crippen LogP contribution in [0.15, 0.2) is 41.3 Å². The van der Waals surface area contributed by atoms with Crippen LogP contribution in [0.4, 0.5) is 4.39 Å². The van der Waals surface area contributed by atoms with Crippen LogP contribution in [0.2, 0.25) is 0 Å². The van der Waals surface area contributed by atoms with Crippen molar-refractivity contribution in [1.82, 2.24) is 5.32 Å². The van der Waals surface area contributed by atoms with E-state index in [0.717, 1.165) is 68.0 Å². The lowest BCUT2D eigenvalue weighted by atomic mass is 10.0. The summed E-state index contributed by atoms with van der Waals surface area (Å²) in [5.74, 6) is -0.420. The second-order valence-corrected chi connectivity index (χ2v) is 11.8. The normalized spacial score (nSPS) is 15.6. The molecule has 0 bridgehead atoms. The van der Waals surface area contributed by atoms with Crippen LogP contribution < -0.4 is 15.2 Å². The van der Waals surface area contributed by atoms with Gasteiger partial charge in [0.2, 0.25) is 15.8 Å². The molecule has 1 heterocycles. The summed E-state index contributed by atoms with van der Waals surface area (Å²) in [4.78, 5) is -0.195. The third-order valence-electron chi connectivity index (χ3n) is 6.39. The summed E-state index contributed by atoms with van der Waals surface area (Å²) >= 11 is 0. The van der Waals surface area contributed by atoms with Crippen molar-refractivity contribution < 1.29 is 32.1 Å². The molecule has 0 saturated carbocycles. The number of ether oxygens (including phenoxy) is 3. The van der Waals surface area contributed by atoms with Gasteiger partial charge in [-0.05, 0) is 80.1 Å². The van der Waals surface area contributed by atoms with E-state index in [2.05, 4.69) is 5.32 Å². The first-order valence-corrected chi connectivity index (χ1v) is 14.8. The van der Waals surface area contributed by atoms with Crippen molar-refractivity contribution in [3.8, 4) is 5.75 Å². The Labute approximate surface area is 225 Å². The molecule has 0 fully saturated rings. The molecule has 10 heteroatoms. The molecule has 2 aromatic rings. The minimum atomic E-state index is -3.91. The summed E-state index contributed by atoms with van der Waals surface area (Å²) in [6.07, 6.45) is 5.75. The number of fused-ring (bicyclic) bond motifs is 1. The summed E-state index contributed by atoms with van der Waals surface area (Å²) in [6, 6.07) is 9.45. The first-order valence-electron chi connectivity index (χ1n) is 13.3. The van der Waals surface area contributed by atoms with Gasteiger partial charge in [-0.15, -0.1) is 0 Å². The van der Waals surface area contributed by atoms with Gasteiger partial charge >= 0.3 is 0 Å². The molecule has 0 radical (unpaired) electrons. The number of primary sulfonamides is 1. The summed E-state index contributed by atoms with van der Waals surface area (Å²) in [6.45, 7) is 6.89. The first-order chi connectivity index (χ1) is 18.0. The molecule has 0 saturated heterocycles. The van der Waals surface area contributed by atoms with Crippen molar-refractivity contribution in [2.75, 3.05) is 26.3 Å². The van der Waals surface area contributed by atoms with Crippen LogP contribution in [0.5, 0.6) is 5.75 Å². The molecule has 0 unspecified atom stereocenters. The molecule has 1 atom stereocenters. The summed E-state index contributed by atoms with van der Waals surface area (Å²) in [5.41, 5.74) is 2.42. The van der Waals surface area contributed by atoms with E-state index >= 15 is 0 Å². The molecular weight excluding hydrogens is 511 g/mol. The number of aliphatic hydroxyl groups excluding tert-OH is 1. The Hall–Kier alpha value is -2.08. The number of hydrogen-bond acceptors (Lipinski definition) is 7. The van der Waals surface area contributed by atoms with Crippen molar-refractivity contribution in [3.05, 3.63) is 58.9 Å². The van der Waals surface area contributed by atoms with Gasteiger partial charge in [0, 0.05) is 39.2 Å². The highest BCUT2D eigenvalue weighted by molar-refractivity contribution is 7.89. The minimum Gasteiger partial charge on any atom is -0.463 e. The number of unbranched alkanes of at least 4 members (excludes halogenated alkanes) is 4. The van der Waals surface area contributed by atoms with Gasteiger partial charge in [-0.1, -0.05) is 18.9 Å². The van der Waals surface area contributed by atoms with Gasteiger partial charge < -0.3 is 24.6 Å². The number of nitrogens with one attached hydrogen (secondary N) is 1. The highest BCUT2D eigenvalue weighted by Crippen LogP contribution is 2.32. The first kappa shape index (κ1) is 30.5. The average Bonchev–Trinajstić information content (AvgIpc) is 2.85. The predicted octanol–water partition coefficient (Wildman–Crippen LogP) is 4.34. The minimum absolute atomic E-state index is 0.195. The SMILES string of the molecule is CC1(C)OCc2cc([C@H](O)CNCCCCCCOCCCCc3cc(F)cc(S(N)(=O)=O)c3)ccc2O1. The van der Waals surface area contributed by atoms with Gasteiger partial charge in [-0.3, -0.25) is 0 Å². The Morgan fingerprint density at radius 3 is 2.58 bits per heavy atom. The smallest absolute Gasteiger partial charge is 0.238 e. The standard InChI is InChI=1S/C28H41FN2O6S/c1-28(2)36-20-23-17-22(10-11-27(23)37-28)26(32)19-31-12-6-3-4-7-13-35-14-8-5-9-21-15-24(29)18-25(16-21)38(30,33)34/h10-11,15-18,26,31-32H,3-9,12-14,19-20H2,1-2H3,(H2,30,33,34)/t26-/m1/s1. The lowest BCUT2D eigenvalue weighted by Crippen LogP contribution is -2.35. The molecule has 0 amide bonds. The average molecular weight is 553 g/mol. The van der Waals surface area contributed by atoms with Crippen molar-refractivity contribution in [1.29, 1.82) is 0 Å². The largest absolute Gasteiger partial charge is 0.463 e. The molecule has 2 aromatic carbocycles. The zero-order chi connectivity index (χ0) is 27.6. The monoisotopic (exact) mass is 552 g/mol. The lowest BCUT2D eigenvalue weighted by molar-refractivity contribution is -0.180. The van der Waals surface area contributed by atoms with Gasteiger partial charge in [-0.25, -0.2) is 17.9 Å². The van der Waals surface area contributed by atoms with Crippen molar-refractivity contribution in [2.45, 2.75) is 82.2 Å². The fraction of sp³-hybridized carbons (Fsp3) is 0.571. The van der Waals surface area contributed by atoms with Crippen LogP contribution in [0, 0.1) is 5.82 Å². The van der Waals surface area contributed by atoms with Crippen LogP contribution in [-0.4, -0.2) is 45.6 Å². The van der Waals surface area contributed by atoms with Crippen molar-refractivity contribution in [2.24, 2.45) is 5.14 Å². The van der Waals surface area contributed by atoms with Crippen LogP contribution in [0.3, 0.4) is 0 Å². The van der Waals surface area contributed by atoms with E-state index in [1.54, 1.807) is 0 Å². The maximum Gasteiger partial charge on any atom is 0.238 e. The van der Waals surface area contributed by atoms with Crippen molar-refractivity contribution in [3.63, 3.8) is 0 Å². The fourth-order valence-electron chi connectivity index (χ4n) is 4.29. The predicted molar refractivity (Wildman–Crippen MR) is 144 cm³/mol. The number of aliphatic hydroxyl groups is 1. The number of benzene rings is 2. The molecule has 1 aliphatic heterocycles. The molecule has 1 aliphatic rings. The molecule has 0 spiro atoms. The Balaban J connectivity index is 1.17. The lowest BCUT2D eigenvalue weighted by Gasteiger charge is -2.33. The number of halogens is 1. The van der Waals surface area contributed by atoms with Crippen LogP contribution >= 0.6 is 0 Å². The molecule has 0 aromatic heterocycles. The van der Waals surface area contributed by atoms with Crippen molar-refractivity contribution >= 4 is 10.0 Å². The molecule has 212 valence electrons. The second-order valence-electron chi connectivity index (χ2n) is 10.2. The zero-order valence-corrected chi connectivity index (χ0v) is 23.2. The Morgan fingerprint density at radius 2 is 1.82 bits per heavy atom. The molecule has 38 heavy (non-hydrogen) atoms. The van der Waals surface area contributed by atoms with Crippen LogP contribution in [-0.2, 0) is 32.5 Å². The number of hydrogen-bond donors (Lipinski definition) is 3. The Bertz CT molecular complexity index is 1140. The molecule has 3 rings (SSSR count). The second kappa shape index (κ2) is 14.3. The van der Waals surface area contributed by atoms with E-state index < -0.39 is 27.7 Å². The van der Waals surface area contributed by atoms with Gasteiger partial charge in [0.05, 0.1) is 17.6 Å². The van der Waals surface area contributed by atoms with E-state index in [1.807, 2.05) is 32.0 Å². The quantitative estimate of drug-likeness (QED) is 0.265.